The monoisotopic (exact) mass is 539 g/mol. The van der Waals surface area contributed by atoms with Crippen molar-refractivity contribution in [2.45, 2.75) is 57.0 Å². The Kier molecular flexibility index (Phi) is 9.63. The normalized spacial score (nSPS) is 15.0. The molecule has 12 nitrogen and oxygen atoms in total. The molecular weight excluding hydrogens is 506 g/mol. The number of aliphatic hydroxyl groups excluding tert-OH is 1. The van der Waals surface area contributed by atoms with Crippen LogP contribution in [-0.2, 0) is 32.0 Å². The van der Waals surface area contributed by atoms with Gasteiger partial charge in [0.1, 0.15) is 23.9 Å². The number of phenols is 1. The number of aromatic nitrogens is 1. The van der Waals surface area contributed by atoms with Crippen molar-refractivity contribution in [2.24, 2.45) is 5.73 Å². The predicted octanol–water partition coefficient (Wildman–Crippen LogP) is -0.0743. The third kappa shape index (κ3) is 7.79. The fourth-order valence-corrected chi connectivity index (χ4v) is 4.02. The van der Waals surface area contributed by atoms with Crippen molar-refractivity contribution in [3.05, 3.63) is 65.9 Å². The van der Waals surface area contributed by atoms with Gasteiger partial charge in [0, 0.05) is 29.9 Å². The molecular formula is C27H33N5O7. The molecule has 39 heavy (non-hydrogen) atoms. The van der Waals surface area contributed by atoms with Gasteiger partial charge in [0.05, 0.1) is 12.1 Å². The average molecular weight is 540 g/mol. The Morgan fingerprint density at radius 3 is 2.13 bits per heavy atom. The second kappa shape index (κ2) is 12.9. The van der Waals surface area contributed by atoms with Crippen LogP contribution in [0, 0.1) is 0 Å². The Hall–Kier alpha value is -4.42. The fraction of sp³-hybridized carbons (Fsp3) is 0.333. The molecule has 0 saturated heterocycles. The number of H-pyrrole nitrogens is 1. The number of rotatable bonds is 12. The summed E-state index contributed by atoms with van der Waals surface area (Å²) < 4.78 is 0. The Balaban J connectivity index is 1.76. The zero-order valence-electron chi connectivity index (χ0n) is 21.5. The smallest absolute Gasteiger partial charge is 0.326 e. The summed E-state index contributed by atoms with van der Waals surface area (Å²) in [5.41, 5.74) is 7.71. The number of nitrogens with two attached hydrogens (primary N) is 1. The van der Waals surface area contributed by atoms with E-state index in [1.54, 1.807) is 18.3 Å². The molecule has 208 valence electrons. The van der Waals surface area contributed by atoms with Crippen molar-refractivity contribution in [1.82, 2.24) is 20.9 Å². The van der Waals surface area contributed by atoms with Crippen LogP contribution in [0.1, 0.15) is 25.0 Å². The summed E-state index contributed by atoms with van der Waals surface area (Å²) in [5.74, 6) is -3.59. The number of aromatic hydroxyl groups is 1. The van der Waals surface area contributed by atoms with E-state index in [9.17, 15) is 34.5 Å². The lowest BCUT2D eigenvalue weighted by Gasteiger charge is -2.26. The van der Waals surface area contributed by atoms with Gasteiger partial charge in [0.25, 0.3) is 0 Å². The number of carbonyl (C=O) groups is 4. The van der Waals surface area contributed by atoms with E-state index in [1.165, 1.54) is 26.0 Å². The summed E-state index contributed by atoms with van der Waals surface area (Å²) in [6.07, 6.45) is 0.224. The van der Waals surface area contributed by atoms with Crippen LogP contribution >= 0.6 is 0 Å². The first kappa shape index (κ1) is 29.1. The molecule has 5 unspecified atom stereocenters. The summed E-state index contributed by atoms with van der Waals surface area (Å²) in [7, 11) is 0. The van der Waals surface area contributed by atoms with Crippen molar-refractivity contribution < 1.29 is 34.5 Å². The number of carbonyl (C=O) groups excluding carboxylic acids is 3. The van der Waals surface area contributed by atoms with Gasteiger partial charge in [-0.2, -0.15) is 0 Å². The molecule has 5 atom stereocenters. The van der Waals surface area contributed by atoms with E-state index in [1.807, 2.05) is 24.3 Å². The van der Waals surface area contributed by atoms with Crippen molar-refractivity contribution in [3.8, 4) is 5.75 Å². The van der Waals surface area contributed by atoms with Gasteiger partial charge in [-0.1, -0.05) is 30.3 Å². The molecule has 3 aromatic rings. The van der Waals surface area contributed by atoms with Crippen LogP contribution in [0.2, 0.25) is 0 Å². The second-order valence-electron chi connectivity index (χ2n) is 9.41. The Bertz CT molecular complexity index is 1320. The summed E-state index contributed by atoms with van der Waals surface area (Å²) in [4.78, 5) is 53.6. The summed E-state index contributed by atoms with van der Waals surface area (Å²) in [5, 5.41) is 37.7. The molecule has 0 bridgehead atoms. The van der Waals surface area contributed by atoms with Gasteiger partial charge in [0.2, 0.25) is 17.7 Å². The number of aliphatic hydroxyl groups is 1. The number of amides is 3. The zero-order valence-corrected chi connectivity index (χ0v) is 21.5. The Morgan fingerprint density at radius 1 is 0.872 bits per heavy atom. The lowest BCUT2D eigenvalue weighted by molar-refractivity contribution is -0.143. The molecule has 3 rings (SSSR count). The SMILES string of the molecule is CC(N)C(=O)NC(Cc1ccc(O)cc1)C(=O)NC(C(=O)NC(Cc1c[nH]c2ccccc12)C(=O)O)C(C)O. The van der Waals surface area contributed by atoms with Gasteiger partial charge in [-0.3, -0.25) is 14.4 Å². The molecule has 0 radical (unpaired) electrons. The molecule has 1 aromatic heterocycles. The van der Waals surface area contributed by atoms with Gasteiger partial charge in [0.15, 0.2) is 0 Å². The molecule has 1 heterocycles. The predicted molar refractivity (Wildman–Crippen MR) is 143 cm³/mol. The van der Waals surface area contributed by atoms with Gasteiger partial charge >= 0.3 is 5.97 Å². The van der Waals surface area contributed by atoms with Crippen molar-refractivity contribution in [2.75, 3.05) is 0 Å². The van der Waals surface area contributed by atoms with Gasteiger partial charge in [-0.25, -0.2) is 4.79 Å². The summed E-state index contributed by atoms with van der Waals surface area (Å²) >= 11 is 0. The van der Waals surface area contributed by atoms with Gasteiger partial charge < -0.3 is 42.0 Å². The van der Waals surface area contributed by atoms with Crippen LogP contribution in [0.5, 0.6) is 5.75 Å². The molecule has 0 spiro atoms. The van der Waals surface area contributed by atoms with Crippen LogP contribution in [0.3, 0.4) is 0 Å². The third-order valence-electron chi connectivity index (χ3n) is 6.20. The number of aromatic amines is 1. The standard InChI is InChI=1S/C27H33N5O7/c1-14(28)24(35)30-21(11-16-7-9-18(34)10-8-16)25(36)32-23(15(2)33)26(37)31-22(27(38)39)12-17-13-29-20-6-4-3-5-19(17)20/h3-10,13-15,21-23,29,33-34H,11-12,28H2,1-2H3,(H,30,35)(H,31,37)(H,32,36)(H,38,39). The number of hydrogen-bond acceptors (Lipinski definition) is 7. The van der Waals surface area contributed by atoms with Gasteiger partial charge in [-0.15, -0.1) is 0 Å². The van der Waals surface area contributed by atoms with Crippen LogP contribution in [-0.4, -0.2) is 74.3 Å². The molecule has 12 heteroatoms. The largest absolute Gasteiger partial charge is 0.508 e. The van der Waals surface area contributed by atoms with E-state index in [4.69, 9.17) is 5.73 Å². The number of nitrogens with one attached hydrogen (secondary N) is 4. The van der Waals surface area contributed by atoms with Crippen molar-refractivity contribution in [1.29, 1.82) is 0 Å². The van der Waals surface area contributed by atoms with E-state index in [0.717, 1.165) is 10.9 Å². The van der Waals surface area contributed by atoms with Gasteiger partial charge in [-0.05, 0) is 43.2 Å². The molecule has 0 aliphatic rings. The zero-order chi connectivity index (χ0) is 28.7. The average Bonchev–Trinajstić information content (AvgIpc) is 3.29. The maximum atomic E-state index is 13.2. The van der Waals surface area contributed by atoms with E-state index < -0.39 is 54.0 Å². The van der Waals surface area contributed by atoms with Crippen LogP contribution < -0.4 is 21.7 Å². The highest BCUT2D eigenvalue weighted by Gasteiger charge is 2.33. The fourth-order valence-electron chi connectivity index (χ4n) is 4.02. The van der Waals surface area contributed by atoms with Crippen LogP contribution in [0.25, 0.3) is 10.9 Å². The molecule has 0 aliphatic heterocycles. The Morgan fingerprint density at radius 2 is 1.51 bits per heavy atom. The highest BCUT2D eigenvalue weighted by atomic mass is 16.4. The number of carboxylic acids is 1. The lowest BCUT2D eigenvalue weighted by Crippen LogP contribution is -2.60. The van der Waals surface area contributed by atoms with Crippen molar-refractivity contribution >= 4 is 34.6 Å². The highest BCUT2D eigenvalue weighted by Crippen LogP contribution is 2.19. The maximum absolute atomic E-state index is 13.2. The van der Waals surface area contributed by atoms with E-state index in [2.05, 4.69) is 20.9 Å². The summed E-state index contributed by atoms with van der Waals surface area (Å²) in [6, 6.07) is 8.32. The van der Waals surface area contributed by atoms with Crippen LogP contribution in [0.15, 0.2) is 54.7 Å². The first-order chi connectivity index (χ1) is 18.5. The van der Waals surface area contributed by atoms with E-state index in [0.29, 0.717) is 11.1 Å². The molecule has 2 aromatic carbocycles. The third-order valence-corrected chi connectivity index (χ3v) is 6.20. The number of fused-ring (bicyclic) bond motifs is 1. The van der Waals surface area contributed by atoms with E-state index >= 15 is 0 Å². The molecule has 0 saturated carbocycles. The number of carboxylic acid groups (broad SMARTS) is 1. The number of benzene rings is 2. The molecule has 3 amide bonds. The minimum atomic E-state index is -1.52. The maximum Gasteiger partial charge on any atom is 0.326 e. The minimum absolute atomic E-state index is 0.00294. The number of aliphatic carboxylic acids is 1. The lowest BCUT2D eigenvalue weighted by atomic mass is 10.0. The second-order valence-corrected chi connectivity index (χ2v) is 9.41. The first-order valence-electron chi connectivity index (χ1n) is 12.4. The topological polar surface area (TPSA) is 207 Å². The summed E-state index contributed by atoms with van der Waals surface area (Å²) in [6.45, 7) is 2.71. The number of hydrogen-bond donors (Lipinski definition) is 8. The highest BCUT2D eigenvalue weighted by molar-refractivity contribution is 5.94. The minimum Gasteiger partial charge on any atom is -0.508 e. The Labute approximate surface area is 224 Å². The number of para-hydroxylation sites is 1. The van der Waals surface area contributed by atoms with E-state index in [-0.39, 0.29) is 18.6 Å². The molecule has 0 fully saturated rings. The van der Waals surface area contributed by atoms with Crippen molar-refractivity contribution in [3.63, 3.8) is 0 Å². The molecule has 0 aliphatic carbocycles. The quantitative estimate of drug-likeness (QED) is 0.156. The molecule has 9 N–H and O–H groups in total. The van der Waals surface area contributed by atoms with Crippen LogP contribution in [0.4, 0.5) is 0 Å². The first-order valence-corrected chi connectivity index (χ1v) is 12.4. The number of phenolic OH excluding ortho intramolecular Hbond substituents is 1.